The maximum absolute atomic E-state index is 4.38. The number of hydrogen-bond acceptors (Lipinski definition) is 4. The van der Waals surface area contributed by atoms with E-state index in [1.54, 1.807) is 12.7 Å². The van der Waals surface area contributed by atoms with Crippen LogP contribution < -0.4 is 5.32 Å². The highest BCUT2D eigenvalue weighted by Gasteiger charge is 2.08. The number of anilines is 1. The SMILES string of the molecule is CCn1cnc2c(NCc3ccccc3)ncnc21. The maximum Gasteiger partial charge on any atom is 0.165 e. The van der Waals surface area contributed by atoms with Crippen LogP contribution in [0, 0.1) is 0 Å². The molecule has 0 saturated heterocycles. The van der Waals surface area contributed by atoms with E-state index in [4.69, 9.17) is 0 Å². The van der Waals surface area contributed by atoms with Crippen LogP contribution in [0.15, 0.2) is 43.0 Å². The predicted octanol–water partition coefficient (Wildman–Crippen LogP) is 2.46. The lowest BCUT2D eigenvalue weighted by molar-refractivity contribution is 0.777. The van der Waals surface area contributed by atoms with Crippen LogP contribution in [0.2, 0.25) is 0 Å². The van der Waals surface area contributed by atoms with Crippen LogP contribution in [0.5, 0.6) is 0 Å². The minimum absolute atomic E-state index is 0.728. The summed E-state index contributed by atoms with van der Waals surface area (Å²) in [6.07, 6.45) is 3.37. The molecule has 5 nitrogen and oxygen atoms in total. The second-order valence-corrected chi connectivity index (χ2v) is 4.26. The van der Waals surface area contributed by atoms with Gasteiger partial charge in [-0.05, 0) is 12.5 Å². The molecule has 0 bridgehead atoms. The Morgan fingerprint density at radius 2 is 1.95 bits per heavy atom. The second kappa shape index (κ2) is 5.06. The molecule has 96 valence electrons. The van der Waals surface area contributed by atoms with Gasteiger partial charge in [0.1, 0.15) is 11.8 Å². The van der Waals surface area contributed by atoms with Gasteiger partial charge >= 0.3 is 0 Å². The summed E-state index contributed by atoms with van der Waals surface area (Å²) < 4.78 is 2.00. The number of imidazole rings is 1. The normalized spacial score (nSPS) is 10.8. The van der Waals surface area contributed by atoms with Gasteiger partial charge < -0.3 is 9.88 Å². The quantitative estimate of drug-likeness (QED) is 0.776. The summed E-state index contributed by atoms with van der Waals surface area (Å²) >= 11 is 0. The van der Waals surface area contributed by atoms with Crippen molar-refractivity contribution in [2.24, 2.45) is 0 Å². The Labute approximate surface area is 111 Å². The number of fused-ring (bicyclic) bond motifs is 1. The molecule has 0 spiro atoms. The molecular formula is C14H15N5. The van der Waals surface area contributed by atoms with E-state index < -0.39 is 0 Å². The Morgan fingerprint density at radius 1 is 1.11 bits per heavy atom. The average molecular weight is 253 g/mol. The lowest BCUT2D eigenvalue weighted by atomic mass is 10.2. The van der Waals surface area contributed by atoms with Crippen LogP contribution in [0.4, 0.5) is 5.82 Å². The van der Waals surface area contributed by atoms with Crippen LogP contribution in [0.1, 0.15) is 12.5 Å². The van der Waals surface area contributed by atoms with Gasteiger partial charge in [0.2, 0.25) is 0 Å². The molecule has 1 N–H and O–H groups in total. The second-order valence-electron chi connectivity index (χ2n) is 4.26. The highest BCUT2D eigenvalue weighted by molar-refractivity contribution is 5.82. The van der Waals surface area contributed by atoms with E-state index in [9.17, 15) is 0 Å². The van der Waals surface area contributed by atoms with Crippen molar-refractivity contribution < 1.29 is 0 Å². The molecule has 0 atom stereocenters. The number of benzene rings is 1. The Hall–Kier alpha value is -2.43. The molecule has 2 aromatic heterocycles. The fourth-order valence-electron chi connectivity index (χ4n) is 2.02. The molecule has 0 saturated carbocycles. The summed E-state index contributed by atoms with van der Waals surface area (Å²) in [6, 6.07) is 10.2. The summed E-state index contributed by atoms with van der Waals surface area (Å²) in [5.74, 6) is 0.779. The van der Waals surface area contributed by atoms with E-state index in [0.29, 0.717) is 0 Å². The van der Waals surface area contributed by atoms with Crippen LogP contribution in [0.25, 0.3) is 11.2 Å². The van der Waals surface area contributed by atoms with Crippen molar-refractivity contribution in [3.63, 3.8) is 0 Å². The van der Waals surface area contributed by atoms with Gasteiger partial charge in [0.05, 0.1) is 6.33 Å². The fourth-order valence-corrected chi connectivity index (χ4v) is 2.02. The van der Waals surface area contributed by atoms with E-state index >= 15 is 0 Å². The molecule has 1 aromatic carbocycles. The summed E-state index contributed by atoms with van der Waals surface area (Å²) in [4.78, 5) is 12.9. The van der Waals surface area contributed by atoms with E-state index in [-0.39, 0.29) is 0 Å². The molecule has 0 aliphatic rings. The van der Waals surface area contributed by atoms with Gasteiger partial charge in [-0.2, -0.15) is 0 Å². The van der Waals surface area contributed by atoms with Crippen LogP contribution in [0.3, 0.4) is 0 Å². The van der Waals surface area contributed by atoms with Gasteiger partial charge in [0.25, 0.3) is 0 Å². The van der Waals surface area contributed by atoms with Crippen molar-refractivity contribution in [1.82, 2.24) is 19.5 Å². The Balaban J connectivity index is 1.87. The van der Waals surface area contributed by atoms with Crippen LogP contribution >= 0.6 is 0 Å². The third kappa shape index (κ3) is 2.27. The summed E-state index contributed by atoms with van der Waals surface area (Å²) in [7, 11) is 0. The zero-order valence-electron chi connectivity index (χ0n) is 10.7. The van der Waals surface area contributed by atoms with Crippen molar-refractivity contribution in [1.29, 1.82) is 0 Å². The minimum atomic E-state index is 0.728. The van der Waals surface area contributed by atoms with Gasteiger partial charge in [0, 0.05) is 13.1 Å². The van der Waals surface area contributed by atoms with E-state index in [0.717, 1.165) is 30.1 Å². The van der Waals surface area contributed by atoms with Gasteiger partial charge in [-0.25, -0.2) is 15.0 Å². The zero-order valence-corrected chi connectivity index (χ0v) is 10.7. The van der Waals surface area contributed by atoms with E-state index in [1.165, 1.54) is 5.56 Å². The highest BCUT2D eigenvalue weighted by Crippen LogP contribution is 2.17. The third-order valence-electron chi connectivity index (χ3n) is 3.04. The molecule has 0 unspecified atom stereocenters. The molecule has 0 fully saturated rings. The fraction of sp³-hybridized carbons (Fsp3) is 0.214. The zero-order chi connectivity index (χ0) is 13.1. The number of nitrogens with one attached hydrogen (secondary N) is 1. The molecule has 3 rings (SSSR count). The molecule has 19 heavy (non-hydrogen) atoms. The largest absolute Gasteiger partial charge is 0.364 e. The van der Waals surface area contributed by atoms with Crippen molar-refractivity contribution >= 4 is 17.0 Å². The lowest BCUT2D eigenvalue weighted by Gasteiger charge is -2.06. The molecule has 0 aliphatic carbocycles. The van der Waals surface area contributed by atoms with Crippen molar-refractivity contribution in [3.8, 4) is 0 Å². The smallest absolute Gasteiger partial charge is 0.165 e. The molecule has 3 aromatic rings. The van der Waals surface area contributed by atoms with Crippen LogP contribution in [-0.2, 0) is 13.1 Å². The highest BCUT2D eigenvalue weighted by atomic mass is 15.1. The summed E-state index contributed by atoms with van der Waals surface area (Å²) in [6.45, 7) is 3.65. The van der Waals surface area contributed by atoms with Gasteiger partial charge in [0.15, 0.2) is 11.5 Å². The number of aromatic nitrogens is 4. The number of rotatable bonds is 4. The van der Waals surface area contributed by atoms with E-state index in [1.807, 2.05) is 22.8 Å². The lowest BCUT2D eigenvalue weighted by Crippen LogP contribution is -2.03. The summed E-state index contributed by atoms with van der Waals surface area (Å²) in [5, 5.41) is 3.31. The van der Waals surface area contributed by atoms with Crippen molar-refractivity contribution in [2.45, 2.75) is 20.0 Å². The first kappa shape index (κ1) is 11.6. The molecule has 2 heterocycles. The Bertz CT molecular complexity index is 675. The monoisotopic (exact) mass is 253 g/mol. The molecule has 0 aliphatic heterocycles. The molecule has 5 heteroatoms. The van der Waals surface area contributed by atoms with Gasteiger partial charge in [-0.15, -0.1) is 0 Å². The van der Waals surface area contributed by atoms with Crippen molar-refractivity contribution in [3.05, 3.63) is 48.5 Å². The topological polar surface area (TPSA) is 55.6 Å². The first-order valence-electron chi connectivity index (χ1n) is 6.32. The first-order valence-corrected chi connectivity index (χ1v) is 6.32. The maximum atomic E-state index is 4.38. The van der Waals surface area contributed by atoms with Crippen molar-refractivity contribution in [2.75, 3.05) is 5.32 Å². The molecule has 0 radical (unpaired) electrons. The number of nitrogens with zero attached hydrogens (tertiary/aromatic N) is 4. The predicted molar refractivity (Wildman–Crippen MR) is 74.8 cm³/mol. The number of aryl methyl sites for hydroxylation is 1. The van der Waals surface area contributed by atoms with Crippen LogP contribution in [-0.4, -0.2) is 19.5 Å². The van der Waals surface area contributed by atoms with E-state index in [2.05, 4.69) is 39.3 Å². The Kier molecular flexibility index (Phi) is 3.10. The number of hydrogen-bond donors (Lipinski definition) is 1. The molecular weight excluding hydrogens is 238 g/mol. The Morgan fingerprint density at radius 3 is 2.74 bits per heavy atom. The standard InChI is InChI=1S/C14H15N5/c1-2-19-10-18-12-13(16-9-17-14(12)19)15-8-11-6-4-3-5-7-11/h3-7,9-10H,2,8H2,1H3,(H,15,16,17). The molecule has 0 amide bonds. The minimum Gasteiger partial charge on any atom is -0.364 e. The van der Waals surface area contributed by atoms with Gasteiger partial charge in [-0.1, -0.05) is 30.3 Å². The first-order chi connectivity index (χ1) is 9.38. The average Bonchev–Trinajstić information content (AvgIpc) is 2.90. The van der Waals surface area contributed by atoms with Gasteiger partial charge in [-0.3, -0.25) is 0 Å². The summed E-state index contributed by atoms with van der Waals surface area (Å²) in [5.41, 5.74) is 2.90. The third-order valence-corrected chi connectivity index (χ3v) is 3.04.